The minimum absolute atomic E-state index is 0.0910. The molecule has 0 radical (unpaired) electrons. The van der Waals surface area contributed by atoms with Crippen molar-refractivity contribution in [2.75, 3.05) is 19.0 Å². The van der Waals surface area contributed by atoms with Crippen LogP contribution in [-0.2, 0) is 11.3 Å². The lowest BCUT2D eigenvalue weighted by molar-refractivity contribution is -0.118. The first kappa shape index (κ1) is 16.9. The summed E-state index contributed by atoms with van der Waals surface area (Å²) in [6.07, 6.45) is 1.67. The van der Waals surface area contributed by atoms with Crippen LogP contribution in [0.5, 0.6) is 11.5 Å². The fourth-order valence-electron chi connectivity index (χ4n) is 2.15. The minimum Gasteiger partial charge on any atom is -0.493 e. The highest BCUT2D eigenvalue weighted by molar-refractivity contribution is 5.91. The maximum Gasteiger partial charge on any atom is 0.263 e. The number of nitrogens with one attached hydrogen (secondary N) is 1. The van der Waals surface area contributed by atoms with E-state index in [0.29, 0.717) is 23.2 Å². The average Bonchev–Trinajstić information content (AvgIpc) is 2.92. The van der Waals surface area contributed by atoms with Gasteiger partial charge in [0.1, 0.15) is 5.82 Å². The van der Waals surface area contributed by atoms with Gasteiger partial charge in [0.05, 0.1) is 13.3 Å². The molecule has 0 bridgehead atoms. The number of hydrogen-bond acceptors (Lipinski definition) is 4. The summed E-state index contributed by atoms with van der Waals surface area (Å²) in [5.74, 6) is 2.03. The van der Waals surface area contributed by atoms with Gasteiger partial charge in [0, 0.05) is 12.6 Å². The molecule has 0 aliphatic rings. The Bertz CT molecular complexity index is 665. The van der Waals surface area contributed by atoms with Gasteiger partial charge < -0.3 is 14.8 Å². The number of rotatable bonds is 7. The van der Waals surface area contributed by atoms with E-state index in [1.165, 1.54) is 0 Å². The van der Waals surface area contributed by atoms with Crippen LogP contribution in [0.1, 0.15) is 19.4 Å². The Morgan fingerprint density at radius 2 is 2.09 bits per heavy atom. The van der Waals surface area contributed by atoms with E-state index in [-0.39, 0.29) is 12.5 Å². The summed E-state index contributed by atoms with van der Waals surface area (Å²) in [5, 5.41) is 7.02. The molecule has 0 unspecified atom stereocenters. The van der Waals surface area contributed by atoms with Crippen LogP contribution in [-0.4, -0.2) is 29.4 Å². The van der Waals surface area contributed by atoms with Crippen molar-refractivity contribution in [3.63, 3.8) is 0 Å². The number of carbonyl (C=O) groups is 1. The number of aromatic nitrogens is 2. The fraction of sp³-hybridized carbons (Fsp3) is 0.412. The molecule has 1 aromatic heterocycles. The molecule has 6 nitrogen and oxygen atoms in total. The molecule has 1 N–H and O–H groups in total. The first-order valence-electron chi connectivity index (χ1n) is 7.58. The molecule has 23 heavy (non-hydrogen) atoms. The molecule has 0 saturated carbocycles. The normalized spacial score (nSPS) is 10.7. The summed E-state index contributed by atoms with van der Waals surface area (Å²) < 4.78 is 12.6. The number of aryl methyl sites for hydroxylation is 1. The molecule has 1 amide bonds. The number of methoxy groups -OCH3 is 1. The van der Waals surface area contributed by atoms with Gasteiger partial charge in [-0.15, -0.1) is 0 Å². The summed E-state index contributed by atoms with van der Waals surface area (Å²) in [6, 6.07) is 7.34. The Morgan fingerprint density at radius 3 is 2.78 bits per heavy atom. The Morgan fingerprint density at radius 1 is 1.30 bits per heavy atom. The van der Waals surface area contributed by atoms with Gasteiger partial charge in [-0.25, -0.2) is 4.68 Å². The number of carbonyl (C=O) groups excluding carboxylic acids is 1. The second-order valence-corrected chi connectivity index (χ2v) is 5.78. The van der Waals surface area contributed by atoms with Crippen LogP contribution in [0.15, 0.2) is 30.5 Å². The van der Waals surface area contributed by atoms with E-state index in [2.05, 4.69) is 24.3 Å². The van der Waals surface area contributed by atoms with Crippen molar-refractivity contribution in [3.05, 3.63) is 36.0 Å². The van der Waals surface area contributed by atoms with Crippen molar-refractivity contribution in [1.29, 1.82) is 0 Å². The zero-order valence-corrected chi connectivity index (χ0v) is 14.0. The summed E-state index contributed by atoms with van der Waals surface area (Å²) in [5.41, 5.74) is 1.07. The lowest BCUT2D eigenvalue weighted by Gasteiger charge is -2.13. The molecule has 0 atom stereocenters. The number of amides is 1. The van der Waals surface area contributed by atoms with Gasteiger partial charge in [-0.05, 0) is 30.5 Å². The third-order valence-electron chi connectivity index (χ3n) is 3.20. The number of benzene rings is 1. The molecular formula is C17H23N3O3. The molecule has 0 fully saturated rings. The maximum atomic E-state index is 12.1. The molecule has 0 aliphatic heterocycles. The van der Waals surface area contributed by atoms with Gasteiger partial charge >= 0.3 is 0 Å². The van der Waals surface area contributed by atoms with Gasteiger partial charge in [0.15, 0.2) is 18.1 Å². The summed E-state index contributed by atoms with van der Waals surface area (Å²) in [4.78, 5) is 12.1. The van der Waals surface area contributed by atoms with Gasteiger partial charge in [-0.1, -0.05) is 19.9 Å². The van der Waals surface area contributed by atoms with Crippen molar-refractivity contribution in [2.24, 2.45) is 5.92 Å². The van der Waals surface area contributed by atoms with E-state index in [9.17, 15) is 4.79 Å². The molecule has 124 valence electrons. The zero-order valence-electron chi connectivity index (χ0n) is 14.0. The highest BCUT2D eigenvalue weighted by Gasteiger charge is 2.11. The molecule has 1 heterocycles. The topological polar surface area (TPSA) is 65.4 Å². The lowest BCUT2D eigenvalue weighted by atomic mass is 10.2. The summed E-state index contributed by atoms with van der Waals surface area (Å²) >= 11 is 0. The lowest BCUT2D eigenvalue weighted by Crippen LogP contribution is -2.22. The predicted molar refractivity (Wildman–Crippen MR) is 88.9 cm³/mol. The van der Waals surface area contributed by atoms with Crippen LogP contribution in [0.2, 0.25) is 0 Å². The van der Waals surface area contributed by atoms with Crippen LogP contribution in [0, 0.1) is 12.8 Å². The molecule has 0 saturated heterocycles. The van der Waals surface area contributed by atoms with Crippen molar-refractivity contribution in [3.8, 4) is 11.5 Å². The third kappa shape index (κ3) is 4.74. The average molecular weight is 317 g/mol. The van der Waals surface area contributed by atoms with E-state index in [4.69, 9.17) is 9.47 Å². The molecule has 2 aromatic rings. The Balaban J connectivity index is 1.94. The van der Waals surface area contributed by atoms with Crippen LogP contribution in [0.3, 0.4) is 0 Å². The number of hydrogen-bond donors (Lipinski definition) is 1. The zero-order chi connectivity index (χ0) is 16.8. The first-order chi connectivity index (χ1) is 11.0. The highest BCUT2D eigenvalue weighted by Crippen LogP contribution is 2.27. The van der Waals surface area contributed by atoms with Crippen molar-refractivity contribution in [1.82, 2.24) is 9.78 Å². The molecule has 1 aromatic carbocycles. The molecule has 2 rings (SSSR count). The molecular weight excluding hydrogens is 294 g/mol. The minimum atomic E-state index is -0.238. The monoisotopic (exact) mass is 317 g/mol. The summed E-state index contributed by atoms with van der Waals surface area (Å²) in [7, 11) is 1.58. The van der Waals surface area contributed by atoms with E-state index < -0.39 is 0 Å². The first-order valence-corrected chi connectivity index (χ1v) is 7.58. The standard InChI is InChI=1S/C17H23N3O3/c1-12(2)10-20-16(7-8-18-20)19-17(21)11-23-14-6-5-13(3)9-15(14)22-4/h5-9,12H,10-11H2,1-4H3,(H,19,21). The van der Waals surface area contributed by atoms with Crippen LogP contribution in [0.25, 0.3) is 0 Å². The highest BCUT2D eigenvalue weighted by atomic mass is 16.5. The Labute approximate surface area is 136 Å². The van der Waals surface area contributed by atoms with Crippen LogP contribution in [0.4, 0.5) is 5.82 Å². The largest absolute Gasteiger partial charge is 0.493 e. The molecule has 0 spiro atoms. The van der Waals surface area contributed by atoms with Crippen LogP contribution < -0.4 is 14.8 Å². The molecule has 0 aliphatic carbocycles. The van der Waals surface area contributed by atoms with E-state index in [1.54, 1.807) is 30.1 Å². The number of nitrogens with zero attached hydrogens (tertiary/aromatic N) is 2. The maximum absolute atomic E-state index is 12.1. The SMILES string of the molecule is COc1cc(C)ccc1OCC(=O)Nc1ccnn1CC(C)C. The second kappa shape index (κ2) is 7.67. The van der Waals surface area contributed by atoms with Crippen molar-refractivity contribution >= 4 is 11.7 Å². The second-order valence-electron chi connectivity index (χ2n) is 5.78. The Kier molecular flexibility index (Phi) is 5.62. The van der Waals surface area contributed by atoms with Gasteiger partial charge in [0.25, 0.3) is 5.91 Å². The van der Waals surface area contributed by atoms with Crippen molar-refractivity contribution < 1.29 is 14.3 Å². The van der Waals surface area contributed by atoms with E-state index in [0.717, 1.165) is 12.1 Å². The predicted octanol–water partition coefficient (Wildman–Crippen LogP) is 2.87. The number of ether oxygens (including phenoxy) is 2. The molecule has 6 heteroatoms. The van der Waals surface area contributed by atoms with E-state index >= 15 is 0 Å². The quantitative estimate of drug-likeness (QED) is 0.853. The smallest absolute Gasteiger partial charge is 0.263 e. The van der Waals surface area contributed by atoms with E-state index in [1.807, 2.05) is 19.1 Å². The Hall–Kier alpha value is -2.50. The fourth-order valence-corrected chi connectivity index (χ4v) is 2.15. The number of anilines is 1. The van der Waals surface area contributed by atoms with Gasteiger partial charge in [-0.2, -0.15) is 5.10 Å². The van der Waals surface area contributed by atoms with Gasteiger partial charge in [-0.3, -0.25) is 4.79 Å². The van der Waals surface area contributed by atoms with Crippen molar-refractivity contribution in [2.45, 2.75) is 27.3 Å². The van der Waals surface area contributed by atoms with Gasteiger partial charge in [0.2, 0.25) is 0 Å². The van der Waals surface area contributed by atoms with Crippen LogP contribution >= 0.6 is 0 Å². The third-order valence-corrected chi connectivity index (χ3v) is 3.20. The summed E-state index contributed by atoms with van der Waals surface area (Å²) in [6.45, 7) is 6.82.